The van der Waals surface area contributed by atoms with Gasteiger partial charge in [0.25, 0.3) is 5.91 Å². The molecule has 0 spiro atoms. The van der Waals surface area contributed by atoms with Crippen molar-refractivity contribution in [1.29, 1.82) is 0 Å². The number of carbonyl (C=O) groups excluding carboxylic acids is 2. The fraction of sp³-hybridized carbons (Fsp3) is 0.333. The molecule has 1 aliphatic heterocycles. The quantitative estimate of drug-likeness (QED) is 0.844. The van der Waals surface area contributed by atoms with E-state index in [1.54, 1.807) is 9.80 Å². The molecule has 0 aromatic heterocycles. The molecule has 2 N–H and O–H groups in total. The number of hydrogen-bond donors (Lipinski definition) is 1. The number of likely N-dealkylation sites (N-methyl/N-ethyl adjacent to an activating group) is 1. The van der Waals surface area contributed by atoms with Gasteiger partial charge in [-0.3, -0.25) is 14.5 Å². The Kier molecular flexibility index (Phi) is 5.46. The Morgan fingerprint density at radius 3 is 2.26 bits per heavy atom. The zero-order chi connectivity index (χ0) is 19.4. The molecule has 0 radical (unpaired) electrons. The summed E-state index contributed by atoms with van der Waals surface area (Å²) < 4.78 is 5.64. The Bertz CT molecular complexity index is 805. The van der Waals surface area contributed by atoms with Crippen LogP contribution in [0.5, 0.6) is 5.75 Å². The molecule has 142 valence electrons. The molecule has 2 aromatic rings. The summed E-state index contributed by atoms with van der Waals surface area (Å²) in [7, 11) is 3.62. The van der Waals surface area contributed by atoms with Crippen LogP contribution >= 0.6 is 0 Å². The second-order valence-electron chi connectivity index (χ2n) is 7.03. The molecule has 2 amide bonds. The lowest BCUT2D eigenvalue weighted by Gasteiger charge is -2.32. The summed E-state index contributed by atoms with van der Waals surface area (Å²) in [6.07, 6.45) is 0.535. The molecule has 1 unspecified atom stereocenters. The van der Waals surface area contributed by atoms with Crippen molar-refractivity contribution in [3.63, 3.8) is 0 Å². The van der Waals surface area contributed by atoms with Crippen LogP contribution in [-0.4, -0.2) is 60.9 Å². The molecule has 1 fully saturated rings. The summed E-state index contributed by atoms with van der Waals surface area (Å²) in [5.41, 5.74) is 6.99. The summed E-state index contributed by atoms with van der Waals surface area (Å²) in [5, 5.41) is 0. The predicted molar refractivity (Wildman–Crippen MR) is 104 cm³/mol. The predicted octanol–water partition coefficient (Wildman–Crippen LogP) is 1.75. The number of likely N-dealkylation sites (tertiary alicyclic amines) is 1. The first-order valence-electron chi connectivity index (χ1n) is 8.96. The molecular weight excluding hydrogens is 342 g/mol. The molecule has 0 aliphatic carbocycles. The normalized spacial score (nSPS) is 19.3. The van der Waals surface area contributed by atoms with Gasteiger partial charge in [-0.15, -0.1) is 0 Å². The third kappa shape index (κ3) is 3.95. The smallest absolute Gasteiger partial charge is 0.260 e. The van der Waals surface area contributed by atoms with E-state index in [-0.39, 0.29) is 12.5 Å². The Morgan fingerprint density at radius 1 is 1.07 bits per heavy atom. The van der Waals surface area contributed by atoms with Gasteiger partial charge in [0.1, 0.15) is 11.3 Å². The highest BCUT2D eigenvalue weighted by molar-refractivity contribution is 5.87. The molecular formula is C21H25N3O3. The number of ether oxygens (including phenoxy) is 1. The van der Waals surface area contributed by atoms with E-state index in [1.807, 2.05) is 68.7 Å². The van der Waals surface area contributed by atoms with Gasteiger partial charge in [-0.1, -0.05) is 42.5 Å². The van der Waals surface area contributed by atoms with Gasteiger partial charge in [0.2, 0.25) is 5.91 Å². The summed E-state index contributed by atoms with van der Waals surface area (Å²) in [4.78, 5) is 27.8. The minimum Gasteiger partial charge on any atom is -0.484 e. The van der Waals surface area contributed by atoms with E-state index >= 15 is 0 Å². The van der Waals surface area contributed by atoms with E-state index in [2.05, 4.69) is 0 Å². The number of hydrogen-bond acceptors (Lipinski definition) is 4. The van der Waals surface area contributed by atoms with E-state index < -0.39 is 11.4 Å². The van der Waals surface area contributed by atoms with Crippen molar-refractivity contribution in [2.24, 2.45) is 5.73 Å². The van der Waals surface area contributed by atoms with Gasteiger partial charge in [0.15, 0.2) is 6.61 Å². The molecule has 0 saturated carbocycles. The van der Waals surface area contributed by atoms with Crippen molar-refractivity contribution < 1.29 is 14.3 Å². The SMILES string of the molecule is CN(C)C1(C(N)=O)CCN(C(=O)COc2ccc(-c3ccccc3)cc2)C1. The molecule has 1 saturated heterocycles. The van der Waals surface area contributed by atoms with E-state index in [1.165, 1.54) is 0 Å². The lowest BCUT2D eigenvalue weighted by molar-refractivity contribution is -0.134. The van der Waals surface area contributed by atoms with Crippen LogP contribution in [0.2, 0.25) is 0 Å². The largest absolute Gasteiger partial charge is 0.484 e. The van der Waals surface area contributed by atoms with Crippen LogP contribution in [0.3, 0.4) is 0 Å². The average molecular weight is 367 g/mol. The monoisotopic (exact) mass is 367 g/mol. The zero-order valence-corrected chi connectivity index (χ0v) is 15.7. The van der Waals surface area contributed by atoms with Crippen molar-refractivity contribution in [3.05, 3.63) is 54.6 Å². The summed E-state index contributed by atoms with van der Waals surface area (Å²) >= 11 is 0. The first-order valence-corrected chi connectivity index (χ1v) is 8.96. The zero-order valence-electron chi connectivity index (χ0n) is 15.7. The molecule has 27 heavy (non-hydrogen) atoms. The minimum atomic E-state index is -0.799. The highest BCUT2D eigenvalue weighted by Gasteiger charge is 2.46. The molecule has 2 aromatic carbocycles. The third-order valence-electron chi connectivity index (χ3n) is 5.24. The van der Waals surface area contributed by atoms with Gasteiger partial charge in [0.05, 0.1) is 0 Å². The number of nitrogens with zero attached hydrogens (tertiary/aromatic N) is 2. The molecule has 1 aliphatic rings. The lowest BCUT2D eigenvalue weighted by atomic mass is 9.96. The summed E-state index contributed by atoms with van der Waals surface area (Å²) in [5.74, 6) is 0.0864. The van der Waals surface area contributed by atoms with E-state index in [9.17, 15) is 9.59 Å². The number of rotatable bonds is 6. The summed E-state index contributed by atoms with van der Waals surface area (Å²) in [6.45, 7) is 0.730. The highest BCUT2D eigenvalue weighted by Crippen LogP contribution is 2.26. The van der Waals surface area contributed by atoms with Crippen LogP contribution in [0.1, 0.15) is 6.42 Å². The Hall–Kier alpha value is -2.86. The third-order valence-corrected chi connectivity index (χ3v) is 5.24. The maximum atomic E-state index is 12.5. The topological polar surface area (TPSA) is 75.9 Å². The van der Waals surface area contributed by atoms with Gasteiger partial charge in [-0.25, -0.2) is 0 Å². The first-order chi connectivity index (χ1) is 12.9. The number of nitrogens with two attached hydrogens (primary N) is 1. The standard InChI is InChI=1S/C21H25N3O3/c1-23(2)21(20(22)26)12-13-24(15-21)19(25)14-27-18-10-8-17(9-11-18)16-6-4-3-5-7-16/h3-11H,12-15H2,1-2H3,(H2,22,26). The molecule has 1 atom stereocenters. The van der Waals surface area contributed by atoms with Crippen molar-refractivity contribution >= 4 is 11.8 Å². The van der Waals surface area contributed by atoms with Crippen LogP contribution in [0.25, 0.3) is 11.1 Å². The Labute approximate surface area is 159 Å². The van der Waals surface area contributed by atoms with Gasteiger partial charge < -0.3 is 15.4 Å². The van der Waals surface area contributed by atoms with Crippen molar-refractivity contribution in [3.8, 4) is 16.9 Å². The van der Waals surface area contributed by atoms with Crippen LogP contribution in [0.15, 0.2) is 54.6 Å². The maximum Gasteiger partial charge on any atom is 0.260 e. The molecule has 6 nitrogen and oxygen atoms in total. The van der Waals surface area contributed by atoms with Crippen molar-refractivity contribution in [2.45, 2.75) is 12.0 Å². The first kappa shape index (κ1) is 18.9. The molecule has 0 bridgehead atoms. The number of carbonyl (C=O) groups is 2. The van der Waals surface area contributed by atoms with Crippen LogP contribution < -0.4 is 10.5 Å². The van der Waals surface area contributed by atoms with Gasteiger partial charge in [-0.05, 0) is 43.8 Å². The second-order valence-corrected chi connectivity index (χ2v) is 7.03. The Morgan fingerprint density at radius 2 is 1.70 bits per heavy atom. The Balaban J connectivity index is 1.58. The van der Waals surface area contributed by atoms with Gasteiger partial charge in [-0.2, -0.15) is 0 Å². The van der Waals surface area contributed by atoms with Gasteiger partial charge in [0, 0.05) is 13.1 Å². The highest BCUT2D eigenvalue weighted by atomic mass is 16.5. The van der Waals surface area contributed by atoms with Crippen LogP contribution in [-0.2, 0) is 9.59 Å². The van der Waals surface area contributed by atoms with E-state index in [0.717, 1.165) is 11.1 Å². The van der Waals surface area contributed by atoms with Gasteiger partial charge >= 0.3 is 0 Å². The van der Waals surface area contributed by atoms with Crippen LogP contribution in [0.4, 0.5) is 0 Å². The van der Waals surface area contributed by atoms with Crippen molar-refractivity contribution in [1.82, 2.24) is 9.80 Å². The molecule has 6 heteroatoms. The summed E-state index contributed by atoms with van der Waals surface area (Å²) in [6, 6.07) is 17.7. The molecule has 3 rings (SSSR count). The number of amides is 2. The van der Waals surface area contributed by atoms with E-state index in [4.69, 9.17) is 10.5 Å². The molecule has 1 heterocycles. The van der Waals surface area contributed by atoms with Crippen molar-refractivity contribution in [2.75, 3.05) is 33.8 Å². The fourth-order valence-corrected chi connectivity index (χ4v) is 3.40. The number of benzene rings is 2. The van der Waals surface area contributed by atoms with Crippen LogP contribution in [0, 0.1) is 0 Å². The second kappa shape index (κ2) is 7.80. The number of primary amides is 1. The minimum absolute atomic E-state index is 0.0625. The maximum absolute atomic E-state index is 12.5. The fourth-order valence-electron chi connectivity index (χ4n) is 3.40. The lowest BCUT2D eigenvalue weighted by Crippen LogP contribution is -2.56. The average Bonchev–Trinajstić information content (AvgIpc) is 3.14. The van der Waals surface area contributed by atoms with E-state index in [0.29, 0.717) is 25.3 Å².